The molecule has 1 saturated heterocycles. The summed E-state index contributed by atoms with van der Waals surface area (Å²) in [6.07, 6.45) is 3.80. The zero-order chi connectivity index (χ0) is 16.6. The van der Waals surface area contributed by atoms with E-state index in [0.717, 1.165) is 32.2 Å². The average Bonchev–Trinajstić information content (AvgIpc) is 2.37. The van der Waals surface area contributed by atoms with E-state index in [1.165, 1.54) is 0 Å². The molecule has 22 heavy (non-hydrogen) atoms. The van der Waals surface area contributed by atoms with Crippen LogP contribution in [0.4, 0.5) is 0 Å². The summed E-state index contributed by atoms with van der Waals surface area (Å²) in [6.45, 7) is 10.9. The molecule has 3 N–H and O–H groups in total. The molecule has 1 aliphatic carbocycles. The normalized spacial score (nSPS) is 38.0. The van der Waals surface area contributed by atoms with Crippen molar-refractivity contribution in [1.82, 2.24) is 4.90 Å². The Morgan fingerprint density at radius 1 is 1.36 bits per heavy atom. The highest BCUT2D eigenvalue weighted by Gasteiger charge is 2.42. The van der Waals surface area contributed by atoms with Gasteiger partial charge in [0.1, 0.15) is 0 Å². The number of ether oxygens (including phenoxy) is 1. The Labute approximate surface area is 134 Å². The maximum Gasteiger partial charge on any atom is 0.250 e. The predicted octanol–water partition coefficient (Wildman–Crippen LogP) is 1.53. The van der Waals surface area contributed by atoms with Crippen molar-refractivity contribution in [3.8, 4) is 0 Å². The standard InChI is InChI=1S/C17H32N2O3/c1-15(2,3)13-5-7-17(21,8-6-13)12-19-9-10-22-16(4,11-19)14(18)20/h13,21H,5-12H2,1-4H3,(H2,18,20)/t13?,16-,17?/m1/s1. The van der Waals surface area contributed by atoms with Crippen LogP contribution in [-0.2, 0) is 9.53 Å². The van der Waals surface area contributed by atoms with Crippen molar-refractivity contribution in [3.05, 3.63) is 0 Å². The third-order valence-electron chi connectivity index (χ3n) is 5.53. The summed E-state index contributed by atoms with van der Waals surface area (Å²) in [5.74, 6) is 0.244. The van der Waals surface area contributed by atoms with E-state index in [-0.39, 0.29) is 0 Å². The maximum atomic E-state index is 11.6. The number of carbonyl (C=O) groups is 1. The van der Waals surface area contributed by atoms with Gasteiger partial charge in [0.2, 0.25) is 0 Å². The van der Waals surface area contributed by atoms with E-state index < -0.39 is 17.1 Å². The lowest BCUT2D eigenvalue weighted by Gasteiger charge is -2.45. The first-order valence-corrected chi connectivity index (χ1v) is 8.43. The Balaban J connectivity index is 1.92. The van der Waals surface area contributed by atoms with Crippen molar-refractivity contribution in [1.29, 1.82) is 0 Å². The number of nitrogens with two attached hydrogens (primary N) is 1. The minimum atomic E-state index is -0.933. The van der Waals surface area contributed by atoms with Gasteiger partial charge in [-0.25, -0.2) is 0 Å². The fraction of sp³-hybridized carbons (Fsp3) is 0.941. The van der Waals surface area contributed by atoms with Crippen LogP contribution in [0.1, 0.15) is 53.4 Å². The van der Waals surface area contributed by atoms with Gasteiger partial charge in [-0.2, -0.15) is 0 Å². The Hall–Kier alpha value is -0.650. The first-order chi connectivity index (χ1) is 10.0. The zero-order valence-corrected chi connectivity index (χ0v) is 14.5. The predicted molar refractivity (Wildman–Crippen MR) is 86.4 cm³/mol. The molecule has 0 spiro atoms. The van der Waals surface area contributed by atoms with Crippen molar-refractivity contribution in [2.45, 2.75) is 64.6 Å². The third kappa shape index (κ3) is 4.00. The van der Waals surface area contributed by atoms with Gasteiger partial charge in [0, 0.05) is 19.6 Å². The molecular formula is C17H32N2O3. The highest BCUT2D eigenvalue weighted by atomic mass is 16.5. The first kappa shape index (κ1) is 17.7. The number of morpholine rings is 1. The van der Waals surface area contributed by atoms with Gasteiger partial charge >= 0.3 is 0 Å². The van der Waals surface area contributed by atoms with E-state index in [9.17, 15) is 9.90 Å². The molecule has 0 unspecified atom stereocenters. The molecular weight excluding hydrogens is 280 g/mol. The number of rotatable bonds is 3. The summed E-state index contributed by atoms with van der Waals surface area (Å²) < 4.78 is 5.54. The van der Waals surface area contributed by atoms with Gasteiger partial charge in [-0.1, -0.05) is 20.8 Å². The fourth-order valence-electron chi connectivity index (χ4n) is 3.83. The van der Waals surface area contributed by atoms with E-state index in [4.69, 9.17) is 10.5 Å². The summed E-state index contributed by atoms with van der Waals surface area (Å²) in [6, 6.07) is 0. The van der Waals surface area contributed by atoms with Crippen molar-refractivity contribution in [2.24, 2.45) is 17.1 Å². The number of amides is 1. The lowest BCUT2D eigenvalue weighted by molar-refractivity contribution is -0.158. The van der Waals surface area contributed by atoms with Gasteiger partial charge in [0.05, 0.1) is 12.2 Å². The van der Waals surface area contributed by atoms with Gasteiger partial charge in [-0.3, -0.25) is 9.69 Å². The van der Waals surface area contributed by atoms with Crippen molar-refractivity contribution < 1.29 is 14.6 Å². The Bertz CT molecular complexity index is 411. The van der Waals surface area contributed by atoms with Gasteiger partial charge in [-0.15, -0.1) is 0 Å². The molecule has 5 nitrogen and oxygen atoms in total. The second-order valence-electron chi connectivity index (χ2n) is 8.52. The van der Waals surface area contributed by atoms with Gasteiger partial charge in [0.15, 0.2) is 5.60 Å². The quantitative estimate of drug-likeness (QED) is 0.828. The second kappa shape index (κ2) is 6.10. The van der Waals surface area contributed by atoms with Crippen molar-refractivity contribution in [3.63, 3.8) is 0 Å². The van der Waals surface area contributed by atoms with E-state index in [0.29, 0.717) is 31.0 Å². The number of primary amides is 1. The molecule has 2 rings (SSSR count). The zero-order valence-electron chi connectivity index (χ0n) is 14.5. The van der Waals surface area contributed by atoms with E-state index in [2.05, 4.69) is 25.7 Å². The molecule has 1 aliphatic heterocycles. The lowest BCUT2D eigenvalue weighted by atomic mass is 9.68. The van der Waals surface area contributed by atoms with Crippen molar-refractivity contribution >= 4 is 5.91 Å². The molecule has 0 aromatic heterocycles. The van der Waals surface area contributed by atoms with Crippen LogP contribution in [0.3, 0.4) is 0 Å². The van der Waals surface area contributed by atoms with E-state index in [1.54, 1.807) is 6.92 Å². The van der Waals surface area contributed by atoms with Crippen LogP contribution in [-0.4, -0.2) is 53.4 Å². The lowest BCUT2D eigenvalue weighted by Crippen LogP contribution is -2.59. The molecule has 128 valence electrons. The van der Waals surface area contributed by atoms with Crippen molar-refractivity contribution in [2.75, 3.05) is 26.2 Å². The molecule has 5 heteroatoms. The molecule has 1 heterocycles. The number of β-amino-alcohol motifs (C(OH)–C–C–N with tert-alkyl or cyclic N) is 1. The van der Waals surface area contributed by atoms with Crippen LogP contribution in [0.2, 0.25) is 0 Å². The molecule has 0 aromatic carbocycles. The number of aliphatic hydroxyl groups is 1. The first-order valence-electron chi connectivity index (χ1n) is 8.43. The fourth-order valence-corrected chi connectivity index (χ4v) is 3.83. The van der Waals surface area contributed by atoms with Gasteiger partial charge in [0.25, 0.3) is 5.91 Å². The van der Waals surface area contributed by atoms with Gasteiger partial charge < -0.3 is 15.6 Å². The molecule has 0 aromatic rings. The third-order valence-corrected chi connectivity index (χ3v) is 5.53. The Morgan fingerprint density at radius 2 is 1.95 bits per heavy atom. The largest absolute Gasteiger partial charge is 0.389 e. The minimum Gasteiger partial charge on any atom is -0.389 e. The van der Waals surface area contributed by atoms with Gasteiger partial charge in [-0.05, 0) is 43.9 Å². The molecule has 1 saturated carbocycles. The van der Waals surface area contributed by atoms with Crippen LogP contribution in [0, 0.1) is 11.3 Å². The topological polar surface area (TPSA) is 75.8 Å². The molecule has 0 bridgehead atoms. The van der Waals surface area contributed by atoms with Crippen LogP contribution < -0.4 is 5.73 Å². The van der Waals surface area contributed by atoms with Crippen LogP contribution >= 0.6 is 0 Å². The van der Waals surface area contributed by atoms with E-state index >= 15 is 0 Å². The molecule has 2 aliphatic rings. The van der Waals surface area contributed by atoms with E-state index in [1.807, 2.05) is 0 Å². The number of nitrogens with zero attached hydrogens (tertiary/aromatic N) is 1. The number of carbonyl (C=O) groups excluding carboxylic acids is 1. The average molecular weight is 312 g/mol. The smallest absolute Gasteiger partial charge is 0.250 e. The summed E-state index contributed by atoms with van der Waals surface area (Å²) in [7, 11) is 0. The molecule has 2 fully saturated rings. The molecule has 0 radical (unpaired) electrons. The SMILES string of the molecule is CC(C)(C)C1CCC(O)(CN2CCO[C@@](C)(C(N)=O)C2)CC1. The highest BCUT2D eigenvalue weighted by Crippen LogP contribution is 2.41. The Kier molecular flexibility index (Phi) is 4.91. The maximum absolute atomic E-state index is 11.6. The molecule has 1 amide bonds. The molecule has 1 atom stereocenters. The number of hydrogen-bond acceptors (Lipinski definition) is 4. The van der Waals surface area contributed by atoms with Crippen LogP contribution in [0.25, 0.3) is 0 Å². The summed E-state index contributed by atoms with van der Waals surface area (Å²) in [4.78, 5) is 13.7. The van der Waals surface area contributed by atoms with Crippen LogP contribution in [0.15, 0.2) is 0 Å². The summed E-state index contributed by atoms with van der Waals surface area (Å²) in [5.41, 5.74) is 4.18. The number of hydrogen-bond donors (Lipinski definition) is 2. The van der Waals surface area contributed by atoms with Crippen LogP contribution in [0.5, 0.6) is 0 Å². The summed E-state index contributed by atoms with van der Waals surface area (Å²) >= 11 is 0. The summed E-state index contributed by atoms with van der Waals surface area (Å²) in [5, 5.41) is 10.9. The minimum absolute atomic E-state index is 0.310. The second-order valence-corrected chi connectivity index (χ2v) is 8.52. The highest BCUT2D eigenvalue weighted by molar-refractivity contribution is 5.83. The Morgan fingerprint density at radius 3 is 2.45 bits per heavy atom. The monoisotopic (exact) mass is 312 g/mol.